The second-order valence-electron chi connectivity index (χ2n) is 4.03. The lowest BCUT2D eigenvalue weighted by molar-refractivity contribution is 0.145. The van der Waals surface area contributed by atoms with Gasteiger partial charge in [0.25, 0.3) is 0 Å². The Morgan fingerprint density at radius 2 is 1.93 bits per heavy atom. The Kier molecular flexibility index (Phi) is 2.84. The molecule has 0 unspecified atom stereocenters. The van der Waals surface area contributed by atoms with Crippen molar-refractivity contribution in [2.45, 2.75) is 6.54 Å². The summed E-state index contributed by atoms with van der Waals surface area (Å²) in [6.07, 6.45) is 1.87. The van der Waals surface area contributed by atoms with E-state index < -0.39 is 0 Å². The van der Waals surface area contributed by atoms with E-state index in [-0.39, 0.29) is 0 Å². The van der Waals surface area contributed by atoms with E-state index >= 15 is 0 Å². The molecule has 14 heavy (non-hydrogen) atoms. The van der Waals surface area contributed by atoms with Crippen LogP contribution in [0.2, 0.25) is 0 Å². The van der Waals surface area contributed by atoms with Gasteiger partial charge in [-0.2, -0.15) is 5.10 Å². The number of rotatable bonds is 2. The highest BCUT2D eigenvalue weighted by Gasteiger charge is 2.14. The van der Waals surface area contributed by atoms with Crippen molar-refractivity contribution < 1.29 is 0 Å². The molecule has 4 heteroatoms. The number of piperazine rings is 1. The van der Waals surface area contributed by atoms with E-state index in [9.17, 15) is 0 Å². The van der Waals surface area contributed by atoms with Gasteiger partial charge >= 0.3 is 0 Å². The minimum Gasteiger partial charge on any atom is -0.304 e. The van der Waals surface area contributed by atoms with Crippen LogP contribution in [0, 0.1) is 0 Å². The highest BCUT2D eigenvalue weighted by atomic mass is 15.3. The maximum absolute atomic E-state index is 4.18. The highest BCUT2D eigenvalue weighted by molar-refractivity contribution is 4.99. The summed E-state index contributed by atoms with van der Waals surface area (Å²) in [6.45, 7) is 5.73. The second kappa shape index (κ2) is 4.11. The van der Waals surface area contributed by atoms with Crippen molar-refractivity contribution in [3.05, 3.63) is 18.0 Å². The standard InChI is InChI=1S/C10H18N4/c1-12-5-7-14(8-6-12)9-10-3-4-11-13(10)2/h3-4H,5-9H2,1-2H3. The van der Waals surface area contributed by atoms with Crippen molar-refractivity contribution in [2.24, 2.45) is 7.05 Å². The number of hydrogen-bond donors (Lipinski definition) is 0. The fourth-order valence-electron chi connectivity index (χ4n) is 1.79. The first-order valence-electron chi connectivity index (χ1n) is 5.13. The Bertz CT molecular complexity index is 286. The molecule has 2 rings (SSSR count). The molecule has 78 valence electrons. The predicted molar refractivity (Wildman–Crippen MR) is 56.0 cm³/mol. The average molecular weight is 194 g/mol. The molecular formula is C10H18N4. The van der Waals surface area contributed by atoms with Gasteiger partial charge in [0.05, 0.1) is 5.69 Å². The summed E-state index contributed by atoms with van der Waals surface area (Å²) in [5.41, 5.74) is 1.30. The third kappa shape index (κ3) is 2.13. The van der Waals surface area contributed by atoms with Crippen LogP contribution in [-0.2, 0) is 13.6 Å². The lowest BCUT2D eigenvalue weighted by atomic mass is 10.3. The zero-order valence-corrected chi connectivity index (χ0v) is 8.98. The van der Waals surface area contributed by atoms with Crippen molar-refractivity contribution in [3.63, 3.8) is 0 Å². The zero-order valence-electron chi connectivity index (χ0n) is 8.98. The van der Waals surface area contributed by atoms with Gasteiger partial charge in [0.15, 0.2) is 0 Å². The van der Waals surface area contributed by atoms with Crippen LogP contribution < -0.4 is 0 Å². The van der Waals surface area contributed by atoms with Gasteiger partial charge < -0.3 is 4.90 Å². The lowest BCUT2D eigenvalue weighted by Crippen LogP contribution is -2.44. The summed E-state index contributed by atoms with van der Waals surface area (Å²) in [5, 5.41) is 4.18. The summed E-state index contributed by atoms with van der Waals surface area (Å²) in [4.78, 5) is 4.86. The van der Waals surface area contributed by atoms with Gasteiger partial charge in [-0.1, -0.05) is 0 Å². The number of aromatic nitrogens is 2. The van der Waals surface area contributed by atoms with Gasteiger partial charge in [-0.25, -0.2) is 0 Å². The molecule has 0 atom stereocenters. The summed E-state index contributed by atoms with van der Waals surface area (Å²) in [6, 6.07) is 2.10. The van der Waals surface area contributed by atoms with E-state index in [4.69, 9.17) is 0 Å². The van der Waals surface area contributed by atoms with Crippen LogP contribution in [0.3, 0.4) is 0 Å². The topological polar surface area (TPSA) is 24.3 Å². The number of nitrogens with zero attached hydrogens (tertiary/aromatic N) is 4. The Hall–Kier alpha value is -0.870. The molecular weight excluding hydrogens is 176 g/mol. The minimum absolute atomic E-state index is 1.03. The second-order valence-corrected chi connectivity index (χ2v) is 4.03. The van der Waals surface area contributed by atoms with Crippen LogP contribution in [-0.4, -0.2) is 52.8 Å². The molecule has 0 radical (unpaired) electrons. The largest absolute Gasteiger partial charge is 0.304 e. The van der Waals surface area contributed by atoms with Crippen LogP contribution in [0.4, 0.5) is 0 Å². The molecule has 1 aromatic rings. The summed E-state index contributed by atoms with van der Waals surface area (Å²) in [5.74, 6) is 0. The van der Waals surface area contributed by atoms with Crippen molar-refractivity contribution in [3.8, 4) is 0 Å². The zero-order chi connectivity index (χ0) is 9.97. The Balaban J connectivity index is 1.89. The Labute approximate surface area is 85.1 Å². The van der Waals surface area contributed by atoms with Crippen molar-refractivity contribution >= 4 is 0 Å². The monoisotopic (exact) mass is 194 g/mol. The Morgan fingerprint density at radius 3 is 2.50 bits per heavy atom. The van der Waals surface area contributed by atoms with E-state index in [1.807, 2.05) is 17.9 Å². The molecule has 1 aliphatic heterocycles. The van der Waals surface area contributed by atoms with Crippen molar-refractivity contribution in [2.75, 3.05) is 33.2 Å². The molecule has 0 aromatic carbocycles. The SMILES string of the molecule is CN1CCN(Cc2ccnn2C)CC1. The van der Waals surface area contributed by atoms with Gasteiger partial charge in [-0.15, -0.1) is 0 Å². The highest BCUT2D eigenvalue weighted by Crippen LogP contribution is 2.06. The maximum Gasteiger partial charge on any atom is 0.0521 e. The van der Waals surface area contributed by atoms with Gasteiger partial charge in [0.2, 0.25) is 0 Å². The molecule has 0 bridgehead atoms. The molecule has 0 aliphatic carbocycles. The molecule has 0 amide bonds. The van der Waals surface area contributed by atoms with E-state index in [0.29, 0.717) is 0 Å². The number of hydrogen-bond acceptors (Lipinski definition) is 3. The van der Waals surface area contributed by atoms with Crippen LogP contribution in [0.1, 0.15) is 5.69 Å². The molecule has 1 saturated heterocycles. The molecule has 1 aromatic heterocycles. The molecule has 1 fully saturated rings. The van der Waals surface area contributed by atoms with Crippen LogP contribution in [0.25, 0.3) is 0 Å². The third-order valence-electron chi connectivity index (χ3n) is 2.90. The number of likely N-dealkylation sites (N-methyl/N-ethyl adjacent to an activating group) is 1. The first-order chi connectivity index (χ1) is 6.75. The van der Waals surface area contributed by atoms with E-state index in [1.54, 1.807) is 0 Å². The number of aryl methyl sites for hydroxylation is 1. The first kappa shape index (κ1) is 9.68. The maximum atomic E-state index is 4.18. The quantitative estimate of drug-likeness (QED) is 0.670. The fourth-order valence-corrected chi connectivity index (χ4v) is 1.79. The Morgan fingerprint density at radius 1 is 1.21 bits per heavy atom. The van der Waals surface area contributed by atoms with Crippen LogP contribution in [0.15, 0.2) is 12.3 Å². The van der Waals surface area contributed by atoms with Crippen LogP contribution in [0.5, 0.6) is 0 Å². The average Bonchev–Trinajstić information content (AvgIpc) is 2.56. The summed E-state index contributed by atoms with van der Waals surface area (Å²) >= 11 is 0. The fraction of sp³-hybridized carbons (Fsp3) is 0.700. The van der Waals surface area contributed by atoms with E-state index in [0.717, 1.165) is 6.54 Å². The van der Waals surface area contributed by atoms with Crippen molar-refractivity contribution in [1.82, 2.24) is 19.6 Å². The minimum atomic E-state index is 1.03. The van der Waals surface area contributed by atoms with Gasteiger partial charge in [-0.05, 0) is 13.1 Å². The van der Waals surface area contributed by atoms with E-state index in [2.05, 4.69) is 28.0 Å². The van der Waals surface area contributed by atoms with E-state index in [1.165, 1.54) is 31.9 Å². The molecule has 1 aliphatic rings. The van der Waals surface area contributed by atoms with Gasteiger partial charge in [0, 0.05) is 46.0 Å². The molecule has 0 N–H and O–H groups in total. The van der Waals surface area contributed by atoms with Gasteiger partial charge in [0.1, 0.15) is 0 Å². The van der Waals surface area contributed by atoms with Gasteiger partial charge in [-0.3, -0.25) is 9.58 Å². The van der Waals surface area contributed by atoms with Crippen LogP contribution >= 0.6 is 0 Å². The molecule has 2 heterocycles. The normalized spacial score (nSPS) is 20.1. The lowest BCUT2D eigenvalue weighted by Gasteiger charge is -2.32. The van der Waals surface area contributed by atoms with Crippen molar-refractivity contribution in [1.29, 1.82) is 0 Å². The molecule has 0 saturated carbocycles. The third-order valence-corrected chi connectivity index (χ3v) is 2.90. The predicted octanol–water partition coefficient (Wildman–Crippen LogP) is 0.167. The smallest absolute Gasteiger partial charge is 0.0521 e. The molecule has 0 spiro atoms. The summed E-state index contributed by atoms with van der Waals surface area (Å²) < 4.78 is 1.96. The molecule has 4 nitrogen and oxygen atoms in total. The summed E-state index contributed by atoms with van der Waals surface area (Å²) in [7, 11) is 4.19. The first-order valence-corrected chi connectivity index (χ1v) is 5.13.